The average Bonchev–Trinajstić information content (AvgIpc) is 2.61. The first-order valence-electron chi connectivity index (χ1n) is 8.63. The van der Waals surface area contributed by atoms with Gasteiger partial charge < -0.3 is 10.1 Å². The van der Waals surface area contributed by atoms with E-state index < -0.39 is 15.8 Å². The Hall–Kier alpha value is -2.67. The lowest BCUT2D eigenvalue weighted by Crippen LogP contribution is -2.13. The summed E-state index contributed by atoms with van der Waals surface area (Å²) in [5.74, 6) is -0.848. The number of hydrogen-bond acceptors (Lipinski definition) is 5. The number of unbranched alkanes of at least 4 members (excludes halogenated alkanes) is 1. The van der Waals surface area contributed by atoms with Crippen LogP contribution >= 0.6 is 0 Å². The number of benzene rings is 2. The fraction of sp³-hybridized carbons (Fsp3) is 0.300. The van der Waals surface area contributed by atoms with E-state index >= 15 is 0 Å². The minimum atomic E-state index is -3.12. The minimum absolute atomic E-state index is 0.0723. The summed E-state index contributed by atoms with van der Waals surface area (Å²) in [7, 11) is -3.12. The number of sulfone groups is 1. The van der Waals surface area contributed by atoms with Gasteiger partial charge in [0, 0.05) is 17.5 Å². The molecule has 0 saturated carbocycles. The van der Waals surface area contributed by atoms with Crippen LogP contribution in [-0.2, 0) is 20.3 Å². The summed E-state index contributed by atoms with van der Waals surface area (Å²) in [6.07, 6.45) is 2.90. The number of ether oxygens (including phenoxy) is 1. The number of anilines is 1. The number of rotatable bonds is 8. The van der Waals surface area contributed by atoms with Gasteiger partial charge in [-0.2, -0.15) is 0 Å². The maximum atomic E-state index is 12.4. The molecule has 0 unspecified atom stereocenters. The molecule has 0 heterocycles. The lowest BCUT2D eigenvalue weighted by molar-refractivity contribution is 0.0499. The van der Waals surface area contributed by atoms with Gasteiger partial charge in [0.05, 0.1) is 17.9 Å². The SMILES string of the molecule is CCCCOC(=O)c1cccc(NC(=O)c2ccc(CS(C)(=O)=O)cc2)c1. The Morgan fingerprint density at radius 3 is 2.37 bits per heavy atom. The van der Waals surface area contributed by atoms with E-state index in [0.29, 0.717) is 29.0 Å². The van der Waals surface area contributed by atoms with Crippen molar-refractivity contribution in [3.05, 3.63) is 65.2 Å². The van der Waals surface area contributed by atoms with Crippen molar-refractivity contribution >= 4 is 27.4 Å². The predicted octanol–water partition coefficient (Wildman–Crippen LogP) is 3.44. The van der Waals surface area contributed by atoms with Crippen LogP contribution in [0.15, 0.2) is 48.5 Å². The van der Waals surface area contributed by atoms with Crippen molar-refractivity contribution in [3.63, 3.8) is 0 Å². The molecule has 0 aliphatic rings. The maximum Gasteiger partial charge on any atom is 0.338 e. The smallest absolute Gasteiger partial charge is 0.338 e. The Labute approximate surface area is 159 Å². The van der Waals surface area contributed by atoms with E-state index in [1.54, 1.807) is 48.5 Å². The normalized spacial score (nSPS) is 11.0. The summed E-state index contributed by atoms with van der Waals surface area (Å²) < 4.78 is 27.8. The number of nitrogens with one attached hydrogen (secondary N) is 1. The molecule has 2 rings (SSSR count). The highest BCUT2D eigenvalue weighted by Gasteiger charge is 2.11. The number of esters is 1. The van der Waals surface area contributed by atoms with Crippen LogP contribution < -0.4 is 5.32 Å². The second-order valence-electron chi connectivity index (χ2n) is 6.29. The van der Waals surface area contributed by atoms with Crippen molar-refractivity contribution in [2.45, 2.75) is 25.5 Å². The largest absolute Gasteiger partial charge is 0.462 e. The van der Waals surface area contributed by atoms with E-state index in [-0.39, 0.29) is 11.7 Å². The van der Waals surface area contributed by atoms with Crippen molar-refractivity contribution in [1.82, 2.24) is 0 Å². The highest BCUT2D eigenvalue weighted by Crippen LogP contribution is 2.14. The predicted molar refractivity (Wildman–Crippen MR) is 105 cm³/mol. The van der Waals surface area contributed by atoms with Crippen molar-refractivity contribution in [2.24, 2.45) is 0 Å². The van der Waals surface area contributed by atoms with E-state index in [2.05, 4.69) is 5.32 Å². The number of carbonyl (C=O) groups is 2. The fourth-order valence-electron chi connectivity index (χ4n) is 2.37. The Morgan fingerprint density at radius 2 is 1.74 bits per heavy atom. The first-order valence-corrected chi connectivity index (χ1v) is 10.7. The molecule has 0 atom stereocenters. The monoisotopic (exact) mass is 389 g/mol. The van der Waals surface area contributed by atoms with Crippen molar-refractivity contribution in [3.8, 4) is 0 Å². The minimum Gasteiger partial charge on any atom is -0.462 e. The van der Waals surface area contributed by atoms with Gasteiger partial charge in [-0.25, -0.2) is 13.2 Å². The molecule has 0 fully saturated rings. The van der Waals surface area contributed by atoms with Crippen molar-refractivity contribution < 1.29 is 22.7 Å². The third-order valence-electron chi connectivity index (χ3n) is 3.73. The molecule has 7 heteroatoms. The van der Waals surface area contributed by atoms with Gasteiger partial charge in [0.2, 0.25) is 0 Å². The summed E-state index contributed by atoms with van der Waals surface area (Å²) in [6.45, 7) is 2.38. The molecule has 0 spiro atoms. The molecule has 0 saturated heterocycles. The lowest BCUT2D eigenvalue weighted by atomic mass is 10.1. The highest BCUT2D eigenvalue weighted by atomic mass is 32.2. The van der Waals surface area contributed by atoms with Gasteiger partial charge in [0.1, 0.15) is 0 Å². The average molecular weight is 389 g/mol. The molecular formula is C20H23NO5S. The Bertz CT molecular complexity index is 904. The van der Waals surface area contributed by atoms with E-state index in [9.17, 15) is 18.0 Å². The van der Waals surface area contributed by atoms with Crippen LogP contribution in [0.5, 0.6) is 0 Å². The molecule has 1 N–H and O–H groups in total. The number of amides is 1. The Kier molecular flexibility index (Phi) is 7.12. The van der Waals surface area contributed by atoms with Crippen LogP contribution in [0, 0.1) is 0 Å². The topological polar surface area (TPSA) is 89.5 Å². The first-order chi connectivity index (χ1) is 12.8. The van der Waals surface area contributed by atoms with E-state index in [4.69, 9.17) is 4.74 Å². The summed E-state index contributed by atoms with van der Waals surface area (Å²) in [6, 6.07) is 12.9. The highest BCUT2D eigenvalue weighted by molar-refractivity contribution is 7.89. The van der Waals surface area contributed by atoms with Crippen LogP contribution in [0.3, 0.4) is 0 Å². The van der Waals surface area contributed by atoms with Gasteiger partial charge in [-0.3, -0.25) is 4.79 Å². The molecule has 0 bridgehead atoms. The molecule has 6 nitrogen and oxygen atoms in total. The van der Waals surface area contributed by atoms with E-state index in [1.807, 2.05) is 6.92 Å². The van der Waals surface area contributed by atoms with Gasteiger partial charge >= 0.3 is 5.97 Å². The molecule has 2 aromatic carbocycles. The third-order valence-corrected chi connectivity index (χ3v) is 4.59. The van der Waals surface area contributed by atoms with Gasteiger partial charge in [-0.15, -0.1) is 0 Å². The molecule has 0 aliphatic carbocycles. The molecule has 0 radical (unpaired) electrons. The van der Waals surface area contributed by atoms with E-state index in [1.165, 1.54) is 0 Å². The molecule has 144 valence electrons. The number of hydrogen-bond donors (Lipinski definition) is 1. The van der Waals surface area contributed by atoms with E-state index in [0.717, 1.165) is 19.1 Å². The molecule has 0 aliphatic heterocycles. The van der Waals surface area contributed by atoms with Gasteiger partial charge in [0.25, 0.3) is 5.91 Å². The fourth-order valence-corrected chi connectivity index (χ4v) is 3.17. The summed E-state index contributed by atoms with van der Waals surface area (Å²) >= 11 is 0. The Morgan fingerprint density at radius 1 is 1.04 bits per heavy atom. The maximum absolute atomic E-state index is 12.4. The van der Waals surface area contributed by atoms with Crippen LogP contribution in [0.4, 0.5) is 5.69 Å². The second kappa shape index (κ2) is 9.32. The Balaban J connectivity index is 2.03. The standard InChI is InChI=1S/C20H23NO5S/c1-3-4-12-26-20(23)17-6-5-7-18(13-17)21-19(22)16-10-8-15(9-11-16)14-27(2,24)25/h5-11,13H,3-4,12,14H2,1-2H3,(H,21,22). The second-order valence-corrected chi connectivity index (χ2v) is 8.43. The summed E-state index contributed by atoms with van der Waals surface area (Å²) in [5.41, 5.74) is 1.85. The van der Waals surface area contributed by atoms with Gasteiger partial charge in [-0.05, 0) is 42.3 Å². The first kappa shape index (κ1) is 20.6. The van der Waals surface area contributed by atoms with Crippen LogP contribution in [-0.4, -0.2) is 33.2 Å². The third kappa shape index (κ3) is 6.86. The van der Waals surface area contributed by atoms with Crippen LogP contribution in [0.25, 0.3) is 0 Å². The summed E-state index contributed by atoms with van der Waals surface area (Å²) in [5, 5.41) is 2.72. The zero-order chi connectivity index (χ0) is 19.9. The van der Waals surface area contributed by atoms with Crippen molar-refractivity contribution in [2.75, 3.05) is 18.2 Å². The van der Waals surface area contributed by atoms with Gasteiger partial charge in [-0.1, -0.05) is 31.5 Å². The quantitative estimate of drug-likeness (QED) is 0.552. The number of carbonyl (C=O) groups excluding carboxylic acids is 2. The molecule has 1 amide bonds. The van der Waals surface area contributed by atoms with Crippen molar-refractivity contribution in [1.29, 1.82) is 0 Å². The molecule has 27 heavy (non-hydrogen) atoms. The zero-order valence-electron chi connectivity index (χ0n) is 15.4. The molecule has 2 aromatic rings. The lowest BCUT2D eigenvalue weighted by Gasteiger charge is -2.08. The summed E-state index contributed by atoms with van der Waals surface area (Å²) in [4.78, 5) is 24.4. The zero-order valence-corrected chi connectivity index (χ0v) is 16.2. The van der Waals surface area contributed by atoms with Gasteiger partial charge in [0.15, 0.2) is 9.84 Å². The van der Waals surface area contributed by atoms with Crippen LogP contribution in [0.2, 0.25) is 0 Å². The van der Waals surface area contributed by atoms with Crippen LogP contribution in [0.1, 0.15) is 46.0 Å². The molecular weight excluding hydrogens is 366 g/mol. The molecule has 0 aromatic heterocycles.